The molecule has 1 aromatic rings. The molecule has 0 spiro atoms. The normalized spacial score (nSPS) is 11.7. The van der Waals surface area contributed by atoms with E-state index in [0.29, 0.717) is 24.5 Å². The number of hydrogen-bond acceptors (Lipinski definition) is 4. The first-order valence-electron chi connectivity index (χ1n) is 5.66. The van der Waals surface area contributed by atoms with Crippen LogP contribution in [-0.2, 0) is 20.5 Å². The van der Waals surface area contributed by atoms with Gasteiger partial charge < -0.3 is 4.74 Å². The topological polar surface area (TPSA) is 55.4 Å². The van der Waals surface area contributed by atoms with Gasteiger partial charge in [0.25, 0.3) is 0 Å². The predicted molar refractivity (Wildman–Crippen MR) is 75.3 cm³/mol. The summed E-state index contributed by atoms with van der Waals surface area (Å²) in [6.45, 7) is 0.942. The molecule has 6 heteroatoms. The quantitative estimate of drug-likeness (QED) is 0.742. The van der Waals surface area contributed by atoms with Gasteiger partial charge in [0.15, 0.2) is 0 Å². The molecule has 0 unspecified atom stereocenters. The molecule has 0 aliphatic rings. The van der Waals surface area contributed by atoms with Crippen LogP contribution in [0.25, 0.3) is 0 Å². The zero-order valence-corrected chi connectivity index (χ0v) is 12.3. The molecule has 1 aromatic carbocycles. The highest BCUT2D eigenvalue weighted by Gasteiger charge is 2.13. The van der Waals surface area contributed by atoms with Crippen molar-refractivity contribution in [1.29, 1.82) is 0 Å². The van der Waals surface area contributed by atoms with Crippen molar-refractivity contribution in [1.82, 2.24) is 4.72 Å². The molecule has 0 aliphatic carbocycles. The van der Waals surface area contributed by atoms with Crippen molar-refractivity contribution in [3.63, 3.8) is 0 Å². The van der Waals surface area contributed by atoms with E-state index in [4.69, 9.17) is 4.74 Å². The average Bonchev–Trinajstić information content (AvgIpc) is 2.36. The van der Waals surface area contributed by atoms with Crippen molar-refractivity contribution in [2.24, 2.45) is 0 Å². The number of methoxy groups -OCH3 is 1. The van der Waals surface area contributed by atoms with Crippen LogP contribution in [0, 0.1) is 0 Å². The summed E-state index contributed by atoms with van der Waals surface area (Å²) < 4.78 is 31.4. The Hall–Kier alpha value is -0.560. The van der Waals surface area contributed by atoms with Crippen LogP contribution in [0.5, 0.6) is 0 Å². The van der Waals surface area contributed by atoms with Gasteiger partial charge in [-0.05, 0) is 30.4 Å². The second-order valence-corrected chi connectivity index (χ2v) is 6.46. The molecule has 1 rings (SSSR count). The number of hydrogen-bond donors (Lipinski definition) is 1. The molecule has 0 aromatic heterocycles. The first-order chi connectivity index (χ1) is 8.60. The third kappa shape index (κ3) is 4.97. The van der Waals surface area contributed by atoms with Crippen LogP contribution >= 0.6 is 11.8 Å². The highest BCUT2D eigenvalue weighted by atomic mass is 32.2. The molecule has 1 N–H and O–H groups in total. The molecule has 0 aliphatic heterocycles. The lowest BCUT2D eigenvalue weighted by atomic mass is 10.2. The summed E-state index contributed by atoms with van der Waals surface area (Å²) in [6, 6.07) is 7.04. The van der Waals surface area contributed by atoms with Gasteiger partial charge in [-0.1, -0.05) is 12.1 Å². The Balaban J connectivity index is 2.69. The molecule has 4 nitrogen and oxygen atoms in total. The van der Waals surface area contributed by atoms with Gasteiger partial charge in [0, 0.05) is 26.0 Å². The Kier molecular flexibility index (Phi) is 6.70. The smallest absolute Gasteiger partial charge is 0.240 e. The highest BCUT2D eigenvalue weighted by Crippen LogP contribution is 2.15. The average molecular weight is 289 g/mol. The van der Waals surface area contributed by atoms with Gasteiger partial charge in [-0.3, -0.25) is 0 Å². The standard InChI is InChI=1S/C12H19NO3S2/c1-16-8-4-7-13-18(14,15)12-6-3-5-11(9-12)10-17-2/h3,5-6,9,13H,4,7-8,10H2,1-2H3. The summed E-state index contributed by atoms with van der Waals surface area (Å²) in [7, 11) is -1.80. The Morgan fingerprint density at radius 3 is 2.83 bits per heavy atom. The molecule has 0 amide bonds. The number of benzene rings is 1. The number of nitrogens with one attached hydrogen (secondary N) is 1. The largest absolute Gasteiger partial charge is 0.385 e. The van der Waals surface area contributed by atoms with Gasteiger partial charge in [-0.2, -0.15) is 11.8 Å². The fraction of sp³-hybridized carbons (Fsp3) is 0.500. The van der Waals surface area contributed by atoms with Crippen molar-refractivity contribution in [3.05, 3.63) is 29.8 Å². The van der Waals surface area contributed by atoms with Crippen LogP contribution in [-0.4, -0.2) is 34.9 Å². The van der Waals surface area contributed by atoms with E-state index in [0.717, 1.165) is 11.3 Å². The summed E-state index contributed by atoms with van der Waals surface area (Å²) in [5.74, 6) is 0.813. The molecule has 18 heavy (non-hydrogen) atoms. The van der Waals surface area contributed by atoms with Crippen LogP contribution in [0.15, 0.2) is 29.2 Å². The molecule has 0 saturated heterocycles. The van der Waals surface area contributed by atoms with E-state index in [1.165, 1.54) is 0 Å². The molecule has 0 bridgehead atoms. The predicted octanol–water partition coefficient (Wildman–Crippen LogP) is 1.86. The van der Waals surface area contributed by atoms with Crippen LogP contribution in [0.4, 0.5) is 0 Å². The fourth-order valence-electron chi connectivity index (χ4n) is 1.48. The molecule has 0 heterocycles. The Morgan fingerprint density at radius 1 is 1.39 bits per heavy atom. The second kappa shape index (κ2) is 7.78. The van der Waals surface area contributed by atoms with Gasteiger partial charge in [0.2, 0.25) is 10.0 Å². The van der Waals surface area contributed by atoms with E-state index >= 15 is 0 Å². The summed E-state index contributed by atoms with van der Waals surface area (Å²) in [4.78, 5) is 0.325. The third-order valence-corrected chi connectivity index (χ3v) is 4.42. The van der Waals surface area contributed by atoms with Crippen LogP contribution < -0.4 is 4.72 Å². The van der Waals surface area contributed by atoms with Gasteiger partial charge in [0.1, 0.15) is 0 Å². The molecule has 0 radical (unpaired) electrons. The first-order valence-corrected chi connectivity index (χ1v) is 8.54. The van der Waals surface area contributed by atoms with E-state index in [1.54, 1.807) is 37.1 Å². The van der Waals surface area contributed by atoms with Gasteiger partial charge in [-0.25, -0.2) is 13.1 Å². The van der Waals surface area contributed by atoms with Crippen LogP contribution in [0.2, 0.25) is 0 Å². The zero-order chi connectivity index (χ0) is 13.4. The minimum atomic E-state index is -3.40. The number of thioether (sulfide) groups is 1. The number of ether oxygens (including phenoxy) is 1. The monoisotopic (exact) mass is 289 g/mol. The van der Waals surface area contributed by atoms with Crippen molar-refractivity contribution in [2.75, 3.05) is 26.5 Å². The maximum atomic E-state index is 12.0. The molecule has 0 fully saturated rings. The number of sulfonamides is 1. The SMILES string of the molecule is COCCCNS(=O)(=O)c1cccc(CSC)c1. The van der Waals surface area contributed by atoms with Gasteiger partial charge >= 0.3 is 0 Å². The summed E-state index contributed by atoms with van der Waals surface area (Å²) in [6.07, 6.45) is 2.66. The van der Waals surface area contributed by atoms with Crippen molar-refractivity contribution < 1.29 is 13.2 Å². The van der Waals surface area contributed by atoms with Gasteiger partial charge in [-0.15, -0.1) is 0 Å². The molecular weight excluding hydrogens is 270 g/mol. The molecule has 0 atom stereocenters. The van der Waals surface area contributed by atoms with Crippen molar-refractivity contribution >= 4 is 21.8 Å². The Morgan fingerprint density at radius 2 is 2.17 bits per heavy atom. The van der Waals surface area contributed by atoms with E-state index in [1.807, 2.05) is 12.3 Å². The summed E-state index contributed by atoms with van der Waals surface area (Å²) in [5, 5.41) is 0. The van der Waals surface area contributed by atoms with Crippen molar-refractivity contribution in [3.8, 4) is 0 Å². The summed E-state index contributed by atoms with van der Waals surface area (Å²) >= 11 is 1.67. The Labute approximate surface area is 113 Å². The summed E-state index contributed by atoms with van der Waals surface area (Å²) in [5.41, 5.74) is 1.02. The van der Waals surface area contributed by atoms with E-state index < -0.39 is 10.0 Å². The molecular formula is C12H19NO3S2. The first kappa shape index (κ1) is 15.5. The lowest BCUT2D eigenvalue weighted by molar-refractivity contribution is 0.196. The Bertz CT molecular complexity index is 460. The van der Waals surface area contributed by atoms with E-state index in [-0.39, 0.29) is 0 Å². The maximum absolute atomic E-state index is 12.0. The second-order valence-electron chi connectivity index (χ2n) is 3.82. The zero-order valence-electron chi connectivity index (χ0n) is 10.7. The lowest BCUT2D eigenvalue weighted by Crippen LogP contribution is -2.25. The fourth-order valence-corrected chi connectivity index (χ4v) is 3.13. The number of rotatable bonds is 8. The van der Waals surface area contributed by atoms with Crippen LogP contribution in [0.3, 0.4) is 0 Å². The van der Waals surface area contributed by atoms with Crippen molar-refractivity contribution in [2.45, 2.75) is 17.1 Å². The van der Waals surface area contributed by atoms with E-state index in [9.17, 15) is 8.42 Å². The lowest BCUT2D eigenvalue weighted by Gasteiger charge is -2.07. The minimum absolute atomic E-state index is 0.325. The van der Waals surface area contributed by atoms with Crippen LogP contribution in [0.1, 0.15) is 12.0 Å². The van der Waals surface area contributed by atoms with E-state index in [2.05, 4.69) is 4.72 Å². The minimum Gasteiger partial charge on any atom is -0.385 e. The van der Waals surface area contributed by atoms with Gasteiger partial charge in [0.05, 0.1) is 4.90 Å². The maximum Gasteiger partial charge on any atom is 0.240 e. The highest BCUT2D eigenvalue weighted by molar-refractivity contribution is 7.97. The molecule has 102 valence electrons. The molecule has 0 saturated carbocycles. The third-order valence-electron chi connectivity index (χ3n) is 2.34.